The molecular weight excluding hydrogens is 350 g/mol. The molecule has 0 amide bonds. The molecule has 0 aliphatic carbocycles. The third kappa shape index (κ3) is 2.39. The molecule has 2 nitrogen and oxygen atoms in total. The van der Waals surface area contributed by atoms with E-state index in [0.29, 0.717) is 16.5 Å². The fourth-order valence-corrected chi connectivity index (χ4v) is 2.42. The summed E-state index contributed by atoms with van der Waals surface area (Å²) in [4.78, 5) is 8.35. The zero-order valence-electron chi connectivity index (χ0n) is 9.87. The lowest BCUT2D eigenvalue weighted by molar-refractivity contribution is 0.622. The van der Waals surface area contributed by atoms with Crippen LogP contribution in [0.2, 0.25) is 5.15 Å². The van der Waals surface area contributed by atoms with Crippen molar-refractivity contribution in [1.29, 1.82) is 0 Å². The number of rotatable bonds is 1. The zero-order valence-corrected chi connectivity index (χ0v) is 12.2. The third-order valence-electron chi connectivity index (χ3n) is 2.77. The number of aromatic nitrogens is 2. The molecule has 0 aliphatic rings. The number of fused-ring (bicyclic) bond motifs is 1. The van der Waals surface area contributed by atoms with E-state index in [2.05, 4.69) is 25.9 Å². The van der Waals surface area contributed by atoms with Crippen LogP contribution in [0, 0.1) is 11.6 Å². The van der Waals surface area contributed by atoms with E-state index in [1.165, 1.54) is 24.3 Å². The molecule has 0 spiro atoms. The maximum Gasteiger partial charge on any atom is 0.161 e. The average molecular weight is 356 g/mol. The minimum absolute atomic E-state index is 0.190. The summed E-state index contributed by atoms with van der Waals surface area (Å²) in [6.07, 6.45) is 0. The second-order valence-electron chi connectivity index (χ2n) is 4.13. The summed E-state index contributed by atoms with van der Waals surface area (Å²) in [5, 5.41) is 0.718. The van der Waals surface area contributed by atoms with E-state index in [1.54, 1.807) is 12.1 Å². The Morgan fingerprint density at radius 3 is 2.60 bits per heavy atom. The topological polar surface area (TPSA) is 25.8 Å². The van der Waals surface area contributed by atoms with Gasteiger partial charge in [0.1, 0.15) is 16.8 Å². The van der Waals surface area contributed by atoms with Gasteiger partial charge in [0.15, 0.2) is 5.82 Å². The lowest BCUT2D eigenvalue weighted by Crippen LogP contribution is -1.93. The van der Waals surface area contributed by atoms with Crippen molar-refractivity contribution in [3.8, 4) is 11.4 Å². The van der Waals surface area contributed by atoms with Crippen LogP contribution < -0.4 is 0 Å². The first-order valence-corrected chi connectivity index (χ1v) is 6.80. The molecule has 100 valence electrons. The van der Waals surface area contributed by atoms with Gasteiger partial charge in [0.25, 0.3) is 0 Å². The predicted octanol–water partition coefficient (Wildman–Crippen LogP) is 4.99. The van der Waals surface area contributed by atoms with Gasteiger partial charge in [-0.15, -0.1) is 0 Å². The summed E-state index contributed by atoms with van der Waals surface area (Å²) in [5.41, 5.74) is 0.849. The molecule has 3 rings (SSSR count). The SMILES string of the molecule is Fc1cccc(-c2nc(Cl)c3cc(Br)c(F)cc3n2)c1. The van der Waals surface area contributed by atoms with Gasteiger partial charge in [-0.3, -0.25) is 0 Å². The van der Waals surface area contributed by atoms with E-state index in [0.717, 1.165) is 0 Å². The Labute approximate surface area is 126 Å². The molecule has 0 N–H and O–H groups in total. The van der Waals surface area contributed by atoms with Gasteiger partial charge in [-0.25, -0.2) is 18.7 Å². The summed E-state index contributed by atoms with van der Waals surface area (Å²) in [6, 6.07) is 8.61. The quantitative estimate of drug-likeness (QED) is 0.575. The standard InChI is InChI=1S/C14H6BrClF2N2/c15-10-5-9-12(6-11(10)18)19-14(20-13(9)16)7-2-1-3-8(17)4-7/h1-6H. The Bertz CT molecular complexity index is 824. The van der Waals surface area contributed by atoms with E-state index in [4.69, 9.17) is 11.6 Å². The molecular formula is C14H6BrClF2N2. The Hall–Kier alpha value is -1.59. The first kappa shape index (κ1) is 13.4. The van der Waals surface area contributed by atoms with E-state index >= 15 is 0 Å². The summed E-state index contributed by atoms with van der Waals surface area (Å²) in [6.45, 7) is 0. The maximum absolute atomic E-state index is 13.6. The van der Waals surface area contributed by atoms with Crippen molar-refractivity contribution in [2.24, 2.45) is 0 Å². The smallest absolute Gasteiger partial charge is 0.161 e. The number of hydrogen-bond donors (Lipinski definition) is 0. The van der Waals surface area contributed by atoms with Crippen LogP contribution in [0.3, 0.4) is 0 Å². The van der Waals surface area contributed by atoms with Crippen molar-refractivity contribution in [2.75, 3.05) is 0 Å². The molecule has 0 saturated carbocycles. The third-order valence-corrected chi connectivity index (χ3v) is 3.67. The van der Waals surface area contributed by atoms with Crippen LogP contribution in [0.4, 0.5) is 8.78 Å². The van der Waals surface area contributed by atoms with Crippen LogP contribution in [-0.2, 0) is 0 Å². The molecule has 3 aromatic rings. The van der Waals surface area contributed by atoms with E-state index in [9.17, 15) is 8.78 Å². The van der Waals surface area contributed by atoms with Crippen LogP contribution >= 0.6 is 27.5 Å². The number of benzene rings is 2. The molecule has 1 heterocycles. The van der Waals surface area contributed by atoms with E-state index in [1.807, 2.05) is 0 Å². The fraction of sp³-hybridized carbons (Fsp3) is 0. The summed E-state index contributed by atoms with van der Waals surface area (Å²) >= 11 is 9.17. The lowest BCUT2D eigenvalue weighted by Gasteiger charge is -2.06. The van der Waals surface area contributed by atoms with Gasteiger partial charge < -0.3 is 0 Å². The Balaban J connectivity index is 2.26. The van der Waals surface area contributed by atoms with Crippen LogP contribution in [-0.4, -0.2) is 9.97 Å². The van der Waals surface area contributed by atoms with Crippen LogP contribution in [0.1, 0.15) is 0 Å². The molecule has 0 fully saturated rings. The predicted molar refractivity (Wildman–Crippen MR) is 77.6 cm³/mol. The van der Waals surface area contributed by atoms with Crippen molar-refractivity contribution < 1.29 is 8.78 Å². The molecule has 0 saturated heterocycles. The minimum atomic E-state index is -0.447. The molecule has 0 radical (unpaired) electrons. The first-order chi connectivity index (χ1) is 9.54. The van der Waals surface area contributed by atoms with Gasteiger partial charge in [0.2, 0.25) is 0 Å². The highest BCUT2D eigenvalue weighted by molar-refractivity contribution is 9.10. The van der Waals surface area contributed by atoms with E-state index in [-0.39, 0.29) is 15.5 Å². The number of nitrogens with zero attached hydrogens (tertiary/aromatic N) is 2. The molecule has 2 aromatic carbocycles. The number of hydrogen-bond acceptors (Lipinski definition) is 2. The fourth-order valence-electron chi connectivity index (χ4n) is 1.84. The van der Waals surface area contributed by atoms with E-state index < -0.39 is 11.6 Å². The highest BCUT2D eigenvalue weighted by atomic mass is 79.9. The zero-order chi connectivity index (χ0) is 14.3. The second kappa shape index (κ2) is 5.07. The first-order valence-electron chi connectivity index (χ1n) is 5.63. The normalized spacial score (nSPS) is 11.0. The van der Waals surface area contributed by atoms with Gasteiger partial charge in [-0.1, -0.05) is 23.7 Å². The van der Waals surface area contributed by atoms with Gasteiger partial charge in [0, 0.05) is 17.0 Å². The van der Waals surface area contributed by atoms with Gasteiger partial charge >= 0.3 is 0 Å². The molecule has 0 atom stereocenters. The van der Waals surface area contributed by atoms with Gasteiger partial charge in [0.05, 0.1) is 9.99 Å². The summed E-state index contributed by atoms with van der Waals surface area (Å²) in [7, 11) is 0. The average Bonchev–Trinajstić information content (AvgIpc) is 2.41. The minimum Gasteiger partial charge on any atom is -0.228 e. The summed E-state index contributed by atoms with van der Waals surface area (Å²) < 4.78 is 27.1. The molecule has 1 aromatic heterocycles. The largest absolute Gasteiger partial charge is 0.228 e. The van der Waals surface area contributed by atoms with Crippen molar-refractivity contribution >= 4 is 38.4 Å². The van der Waals surface area contributed by atoms with Crippen molar-refractivity contribution in [1.82, 2.24) is 9.97 Å². The van der Waals surface area contributed by atoms with Crippen molar-refractivity contribution in [3.63, 3.8) is 0 Å². The molecule has 0 unspecified atom stereocenters. The Kier molecular flexibility index (Phi) is 3.40. The number of halogens is 4. The van der Waals surface area contributed by atoms with Crippen LogP contribution in [0.5, 0.6) is 0 Å². The second-order valence-corrected chi connectivity index (χ2v) is 5.34. The summed E-state index contributed by atoms with van der Waals surface area (Å²) in [5.74, 6) is -0.592. The Morgan fingerprint density at radius 2 is 1.85 bits per heavy atom. The lowest BCUT2D eigenvalue weighted by atomic mass is 10.2. The monoisotopic (exact) mass is 354 g/mol. The molecule has 0 aliphatic heterocycles. The molecule has 6 heteroatoms. The molecule has 20 heavy (non-hydrogen) atoms. The maximum atomic E-state index is 13.6. The van der Waals surface area contributed by atoms with Gasteiger partial charge in [-0.05, 0) is 34.1 Å². The van der Waals surface area contributed by atoms with Crippen molar-refractivity contribution in [2.45, 2.75) is 0 Å². The highest BCUT2D eigenvalue weighted by Gasteiger charge is 2.11. The van der Waals surface area contributed by atoms with Crippen LogP contribution in [0.15, 0.2) is 40.9 Å². The Morgan fingerprint density at radius 1 is 1.05 bits per heavy atom. The highest BCUT2D eigenvalue weighted by Crippen LogP contribution is 2.29. The molecule has 0 bridgehead atoms. The van der Waals surface area contributed by atoms with Crippen molar-refractivity contribution in [3.05, 3.63) is 57.7 Å². The van der Waals surface area contributed by atoms with Gasteiger partial charge in [-0.2, -0.15) is 0 Å². The van der Waals surface area contributed by atoms with Crippen LogP contribution in [0.25, 0.3) is 22.3 Å².